The molecule has 0 spiro atoms. The first-order valence-electron chi connectivity index (χ1n) is 6.97. The number of rotatable bonds is 3. The van der Waals surface area contributed by atoms with Crippen molar-refractivity contribution in [1.29, 1.82) is 0 Å². The number of benzene rings is 1. The molecule has 1 N–H and O–H groups in total. The van der Waals surface area contributed by atoms with Gasteiger partial charge in [-0.25, -0.2) is 0 Å². The van der Waals surface area contributed by atoms with E-state index in [-0.39, 0.29) is 5.41 Å². The van der Waals surface area contributed by atoms with Crippen molar-refractivity contribution in [3.63, 3.8) is 0 Å². The van der Waals surface area contributed by atoms with Gasteiger partial charge in [0, 0.05) is 17.5 Å². The maximum Gasteiger partial charge on any atom is 0.0415 e. The lowest BCUT2D eigenvalue weighted by Crippen LogP contribution is -2.28. The molecule has 1 aliphatic heterocycles. The molecule has 1 aromatic carbocycles. The summed E-state index contributed by atoms with van der Waals surface area (Å²) < 4.78 is 0. The van der Waals surface area contributed by atoms with Crippen LogP contribution in [0.15, 0.2) is 18.2 Å². The van der Waals surface area contributed by atoms with Crippen LogP contribution in [-0.2, 0) is 11.2 Å². The Kier molecular flexibility index (Phi) is 4.39. The molecule has 0 saturated heterocycles. The van der Waals surface area contributed by atoms with Gasteiger partial charge in [-0.2, -0.15) is 11.8 Å². The molecule has 100 valence electrons. The van der Waals surface area contributed by atoms with E-state index in [0.717, 1.165) is 6.54 Å². The quantitative estimate of drug-likeness (QED) is 0.874. The number of thioether (sulfide) groups is 1. The smallest absolute Gasteiger partial charge is 0.0415 e. The number of nitrogens with one attached hydrogen (secondary N) is 1. The van der Waals surface area contributed by atoms with Crippen molar-refractivity contribution in [2.75, 3.05) is 12.3 Å². The molecule has 2 rings (SSSR count). The van der Waals surface area contributed by atoms with Crippen molar-refractivity contribution < 1.29 is 0 Å². The maximum absolute atomic E-state index is 3.69. The molecule has 1 atom stereocenters. The van der Waals surface area contributed by atoms with Crippen molar-refractivity contribution in [2.45, 2.75) is 51.3 Å². The predicted octanol–water partition coefficient (Wildman–Crippen LogP) is 4.27. The summed E-state index contributed by atoms with van der Waals surface area (Å²) in [5.41, 5.74) is 4.76. The number of fused-ring (bicyclic) bond motifs is 1. The Hall–Kier alpha value is -0.470. The third kappa shape index (κ3) is 3.10. The standard InChI is InChI=1S/C16H25NS/c1-5-8-17-15-11-18-10-12-6-7-13(9-14(12)15)16(2,3)4/h6-7,9,15,17H,5,8,10-11H2,1-4H3. The van der Waals surface area contributed by atoms with E-state index in [2.05, 4.69) is 51.2 Å². The number of hydrogen-bond acceptors (Lipinski definition) is 2. The highest BCUT2D eigenvalue weighted by Crippen LogP contribution is 2.34. The highest BCUT2D eigenvalue weighted by molar-refractivity contribution is 7.98. The Morgan fingerprint density at radius 1 is 1.33 bits per heavy atom. The van der Waals surface area contributed by atoms with Crippen LogP contribution >= 0.6 is 11.8 Å². The van der Waals surface area contributed by atoms with Gasteiger partial charge in [-0.05, 0) is 35.1 Å². The Morgan fingerprint density at radius 2 is 2.11 bits per heavy atom. The summed E-state index contributed by atoms with van der Waals surface area (Å²) in [6, 6.07) is 7.62. The van der Waals surface area contributed by atoms with Crippen LogP contribution in [0.3, 0.4) is 0 Å². The van der Waals surface area contributed by atoms with Crippen molar-refractivity contribution in [3.05, 3.63) is 34.9 Å². The molecule has 0 radical (unpaired) electrons. The monoisotopic (exact) mass is 263 g/mol. The molecule has 0 aliphatic carbocycles. The Labute approximate surface area is 116 Å². The van der Waals surface area contributed by atoms with Crippen LogP contribution in [0.1, 0.15) is 56.8 Å². The van der Waals surface area contributed by atoms with Crippen LogP contribution < -0.4 is 5.32 Å². The minimum Gasteiger partial charge on any atom is -0.309 e. The van der Waals surface area contributed by atoms with E-state index in [1.54, 1.807) is 0 Å². The first-order chi connectivity index (χ1) is 8.52. The molecule has 1 aliphatic rings. The fourth-order valence-corrected chi connectivity index (χ4v) is 3.52. The van der Waals surface area contributed by atoms with E-state index in [1.807, 2.05) is 11.8 Å². The normalized spacial score (nSPS) is 19.7. The van der Waals surface area contributed by atoms with E-state index in [4.69, 9.17) is 0 Å². The molecule has 1 heterocycles. The minimum atomic E-state index is 0.245. The number of hydrogen-bond donors (Lipinski definition) is 1. The second-order valence-corrected chi connectivity index (χ2v) is 7.22. The van der Waals surface area contributed by atoms with Crippen LogP contribution in [0.5, 0.6) is 0 Å². The maximum atomic E-state index is 3.69. The average Bonchev–Trinajstić information content (AvgIpc) is 2.34. The largest absolute Gasteiger partial charge is 0.309 e. The van der Waals surface area contributed by atoms with Crippen LogP contribution in [0.25, 0.3) is 0 Å². The topological polar surface area (TPSA) is 12.0 Å². The molecule has 0 saturated carbocycles. The zero-order chi connectivity index (χ0) is 13.2. The molecular formula is C16H25NS. The van der Waals surface area contributed by atoms with Gasteiger partial charge in [0.1, 0.15) is 0 Å². The fraction of sp³-hybridized carbons (Fsp3) is 0.625. The summed E-state index contributed by atoms with van der Waals surface area (Å²) in [5.74, 6) is 2.38. The van der Waals surface area contributed by atoms with E-state index >= 15 is 0 Å². The second kappa shape index (κ2) is 5.66. The van der Waals surface area contributed by atoms with Gasteiger partial charge in [0.2, 0.25) is 0 Å². The summed E-state index contributed by atoms with van der Waals surface area (Å²) >= 11 is 2.05. The highest BCUT2D eigenvalue weighted by atomic mass is 32.2. The van der Waals surface area contributed by atoms with Crippen molar-refractivity contribution >= 4 is 11.8 Å². The summed E-state index contributed by atoms with van der Waals surface area (Å²) in [4.78, 5) is 0. The Balaban J connectivity index is 2.29. The van der Waals surface area contributed by atoms with Gasteiger partial charge in [-0.1, -0.05) is 45.9 Å². The third-order valence-electron chi connectivity index (χ3n) is 3.57. The van der Waals surface area contributed by atoms with Crippen LogP contribution in [0.4, 0.5) is 0 Å². The fourth-order valence-electron chi connectivity index (χ4n) is 2.38. The molecule has 0 fully saturated rings. The SMILES string of the molecule is CCCNC1CSCc2ccc(C(C)(C)C)cc21. The summed E-state index contributed by atoms with van der Waals surface area (Å²) in [6.07, 6.45) is 1.20. The molecule has 0 amide bonds. The molecule has 0 aromatic heterocycles. The molecule has 1 unspecified atom stereocenters. The third-order valence-corrected chi connectivity index (χ3v) is 4.65. The van der Waals surface area contributed by atoms with E-state index < -0.39 is 0 Å². The van der Waals surface area contributed by atoms with Gasteiger partial charge >= 0.3 is 0 Å². The van der Waals surface area contributed by atoms with Crippen LogP contribution in [-0.4, -0.2) is 12.3 Å². The van der Waals surface area contributed by atoms with E-state index in [1.165, 1.54) is 34.6 Å². The van der Waals surface area contributed by atoms with Gasteiger partial charge in [0.25, 0.3) is 0 Å². The molecular weight excluding hydrogens is 238 g/mol. The van der Waals surface area contributed by atoms with Gasteiger partial charge in [-0.3, -0.25) is 0 Å². The molecule has 1 nitrogen and oxygen atoms in total. The zero-order valence-electron chi connectivity index (χ0n) is 12.0. The summed E-state index contributed by atoms with van der Waals surface area (Å²) in [6.45, 7) is 10.2. The first kappa shape index (κ1) is 14.0. The Bertz CT molecular complexity index is 406. The van der Waals surface area contributed by atoms with Gasteiger partial charge in [-0.15, -0.1) is 0 Å². The minimum absolute atomic E-state index is 0.245. The summed E-state index contributed by atoms with van der Waals surface area (Å²) in [5, 5.41) is 3.69. The van der Waals surface area contributed by atoms with Gasteiger partial charge < -0.3 is 5.32 Å². The second-order valence-electron chi connectivity index (χ2n) is 6.19. The lowest BCUT2D eigenvalue weighted by atomic mass is 9.84. The average molecular weight is 263 g/mol. The lowest BCUT2D eigenvalue weighted by Gasteiger charge is -2.29. The van der Waals surface area contributed by atoms with E-state index in [0.29, 0.717) is 6.04 Å². The highest BCUT2D eigenvalue weighted by Gasteiger charge is 2.22. The zero-order valence-corrected chi connectivity index (χ0v) is 12.9. The predicted molar refractivity (Wildman–Crippen MR) is 82.3 cm³/mol. The van der Waals surface area contributed by atoms with Crippen molar-refractivity contribution in [3.8, 4) is 0 Å². The van der Waals surface area contributed by atoms with Crippen LogP contribution in [0, 0.1) is 0 Å². The Morgan fingerprint density at radius 3 is 2.78 bits per heavy atom. The molecule has 0 bridgehead atoms. The van der Waals surface area contributed by atoms with E-state index in [9.17, 15) is 0 Å². The molecule has 2 heteroatoms. The van der Waals surface area contributed by atoms with Gasteiger partial charge in [0.15, 0.2) is 0 Å². The summed E-state index contributed by atoms with van der Waals surface area (Å²) in [7, 11) is 0. The van der Waals surface area contributed by atoms with Crippen LogP contribution in [0.2, 0.25) is 0 Å². The van der Waals surface area contributed by atoms with Crippen molar-refractivity contribution in [2.24, 2.45) is 0 Å². The first-order valence-corrected chi connectivity index (χ1v) is 8.12. The van der Waals surface area contributed by atoms with Crippen molar-refractivity contribution in [1.82, 2.24) is 5.32 Å². The molecule has 18 heavy (non-hydrogen) atoms. The molecule has 1 aromatic rings. The lowest BCUT2D eigenvalue weighted by molar-refractivity contribution is 0.560. The van der Waals surface area contributed by atoms with Gasteiger partial charge in [0.05, 0.1) is 0 Å².